The fraction of sp³-hybridized carbons (Fsp3) is 0.556. The molecule has 0 N–H and O–H groups in total. The third kappa shape index (κ3) is 4.27. The topological polar surface area (TPSA) is 52.4 Å². The van der Waals surface area contributed by atoms with Gasteiger partial charge in [-0.25, -0.2) is 0 Å². The van der Waals surface area contributed by atoms with Crippen molar-refractivity contribution in [2.24, 2.45) is 0 Å². The Hall–Kier alpha value is -1.73. The number of piperidine rings is 1. The summed E-state index contributed by atoms with van der Waals surface area (Å²) in [6.07, 6.45) is 3.69. The molecule has 1 aliphatic rings. The second kappa shape index (κ2) is 9.10. The molecule has 136 valence electrons. The smallest absolute Gasteiger partial charge is 0.232 e. The van der Waals surface area contributed by atoms with Crippen LogP contribution in [0.4, 0.5) is 5.95 Å². The van der Waals surface area contributed by atoms with Crippen LogP contribution in [-0.2, 0) is 4.74 Å². The average molecular weight is 362 g/mol. The lowest BCUT2D eigenvalue weighted by atomic mass is 10.1. The Morgan fingerprint density at radius 1 is 1.12 bits per heavy atom. The molecule has 1 aliphatic heterocycles. The van der Waals surface area contributed by atoms with Crippen molar-refractivity contribution < 1.29 is 9.47 Å². The molecule has 2 aromatic rings. The molecule has 1 saturated heterocycles. The summed E-state index contributed by atoms with van der Waals surface area (Å²) >= 11 is 1.67. The first-order valence-electron chi connectivity index (χ1n) is 8.89. The number of nitrogens with zero attached hydrogens (tertiary/aromatic N) is 4. The van der Waals surface area contributed by atoms with Crippen molar-refractivity contribution in [2.75, 3.05) is 44.1 Å². The molecule has 1 aromatic carbocycles. The first-order chi connectivity index (χ1) is 12.3. The van der Waals surface area contributed by atoms with Gasteiger partial charge in [0.2, 0.25) is 5.95 Å². The lowest BCUT2D eigenvalue weighted by molar-refractivity contribution is 0.164. The zero-order valence-electron chi connectivity index (χ0n) is 15.0. The molecule has 25 heavy (non-hydrogen) atoms. The molecule has 0 radical (unpaired) electrons. The minimum atomic E-state index is 0.707. The van der Waals surface area contributed by atoms with Crippen molar-refractivity contribution in [3.63, 3.8) is 0 Å². The monoisotopic (exact) mass is 362 g/mol. The Balaban J connectivity index is 1.94. The van der Waals surface area contributed by atoms with E-state index in [4.69, 9.17) is 9.47 Å². The minimum Gasteiger partial charge on any atom is -0.495 e. The van der Waals surface area contributed by atoms with Crippen molar-refractivity contribution in [2.45, 2.75) is 31.3 Å². The van der Waals surface area contributed by atoms with E-state index in [1.807, 2.05) is 25.1 Å². The first kappa shape index (κ1) is 18.1. The van der Waals surface area contributed by atoms with Crippen LogP contribution in [-0.4, -0.2) is 53.9 Å². The second-order valence-electron chi connectivity index (χ2n) is 5.88. The number of anilines is 1. The van der Waals surface area contributed by atoms with Gasteiger partial charge in [-0.1, -0.05) is 23.9 Å². The lowest BCUT2D eigenvalue weighted by Gasteiger charge is -2.28. The summed E-state index contributed by atoms with van der Waals surface area (Å²) in [6.45, 7) is 5.50. The van der Waals surface area contributed by atoms with E-state index in [1.54, 1.807) is 18.9 Å². The van der Waals surface area contributed by atoms with E-state index in [0.29, 0.717) is 6.61 Å². The SMILES string of the molecule is CCOCCSc1nnc(N2CCCCC2)n1-c1ccccc1OC. The van der Waals surface area contributed by atoms with Crippen LogP contribution in [0.1, 0.15) is 26.2 Å². The zero-order valence-corrected chi connectivity index (χ0v) is 15.8. The van der Waals surface area contributed by atoms with Crippen LogP contribution in [0, 0.1) is 0 Å². The third-order valence-corrected chi connectivity index (χ3v) is 5.14. The van der Waals surface area contributed by atoms with Crippen molar-refractivity contribution in [1.29, 1.82) is 0 Å². The normalized spacial score (nSPS) is 14.7. The predicted octanol–water partition coefficient (Wildman–Crippen LogP) is 3.39. The van der Waals surface area contributed by atoms with Crippen molar-refractivity contribution in [3.8, 4) is 11.4 Å². The van der Waals surface area contributed by atoms with Gasteiger partial charge in [-0.15, -0.1) is 10.2 Å². The number of hydrogen-bond acceptors (Lipinski definition) is 6. The van der Waals surface area contributed by atoms with Gasteiger partial charge in [-0.3, -0.25) is 4.57 Å². The van der Waals surface area contributed by atoms with Gasteiger partial charge in [0, 0.05) is 25.4 Å². The van der Waals surface area contributed by atoms with Gasteiger partial charge >= 0.3 is 0 Å². The van der Waals surface area contributed by atoms with Crippen LogP contribution in [0.25, 0.3) is 5.69 Å². The lowest BCUT2D eigenvalue weighted by Crippen LogP contribution is -2.31. The Morgan fingerprint density at radius 3 is 2.68 bits per heavy atom. The summed E-state index contributed by atoms with van der Waals surface area (Å²) < 4.78 is 13.2. The fourth-order valence-electron chi connectivity index (χ4n) is 3.02. The molecular formula is C18H26N4O2S. The summed E-state index contributed by atoms with van der Waals surface area (Å²) in [4.78, 5) is 2.33. The number of hydrogen-bond donors (Lipinski definition) is 0. The van der Waals surface area contributed by atoms with Crippen LogP contribution < -0.4 is 9.64 Å². The summed E-state index contributed by atoms with van der Waals surface area (Å²) in [5.74, 6) is 2.58. The van der Waals surface area contributed by atoms with Crippen LogP contribution in [0.15, 0.2) is 29.4 Å². The standard InChI is InChI=1S/C18H26N4O2S/c1-3-24-13-14-25-18-20-19-17(21-11-7-4-8-12-21)22(18)15-9-5-6-10-16(15)23-2/h5-6,9-10H,3-4,7-8,11-14H2,1-2H3. The number of para-hydroxylation sites is 2. The molecule has 1 fully saturated rings. The van der Waals surface area contributed by atoms with Crippen LogP contribution >= 0.6 is 11.8 Å². The quantitative estimate of drug-likeness (QED) is 0.530. The van der Waals surface area contributed by atoms with Crippen LogP contribution in [0.3, 0.4) is 0 Å². The van der Waals surface area contributed by atoms with E-state index >= 15 is 0 Å². The molecular weight excluding hydrogens is 336 g/mol. The summed E-state index contributed by atoms with van der Waals surface area (Å²) in [5, 5.41) is 9.86. The zero-order chi connectivity index (χ0) is 17.5. The number of ether oxygens (including phenoxy) is 2. The maximum atomic E-state index is 5.58. The average Bonchev–Trinajstić information content (AvgIpc) is 3.09. The second-order valence-corrected chi connectivity index (χ2v) is 6.94. The molecule has 0 amide bonds. The number of methoxy groups -OCH3 is 1. The Bertz CT molecular complexity index is 671. The summed E-state index contributed by atoms with van der Waals surface area (Å²) in [7, 11) is 1.70. The first-order valence-corrected chi connectivity index (χ1v) is 9.88. The maximum Gasteiger partial charge on any atom is 0.232 e. The highest BCUT2D eigenvalue weighted by Gasteiger charge is 2.23. The summed E-state index contributed by atoms with van der Waals surface area (Å²) in [6, 6.07) is 8.04. The number of thioether (sulfide) groups is 1. The molecule has 0 saturated carbocycles. The third-order valence-electron chi connectivity index (χ3n) is 4.24. The Morgan fingerprint density at radius 2 is 1.92 bits per heavy atom. The molecule has 6 nitrogen and oxygen atoms in total. The van der Waals surface area contributed by atoms with Crippen LogP contribution in [0.5, 0.6) is 5.75 Å². The van der Waals surface area contributed by atoms with E-state index in [1.165, 1.54) is 19.3 Å². The maximum absolute atomic E-state index is 5.58. The summed E-state index contributed by atoms with van der Waals surface area (Å²) in [5.41, 5.74) is 0.981. The Labute approximate surface area is 153 Å². The molecule has 7 heteroatoms. The number of rotatable bonds is 8. The highest BCUT2D eigenvalue weighted by molar-refractivity contribution is 7.99. The van der Waals surface area contributed by atoms with Crippen molar-refractivity contribution in [1.82, 2.24) is 14.8 Å². The van der Waals surface area contributed by atoms with E-state index in [2.05, 4.69) is 25.7 Å². The highest BCUT2D eigenvalue weighted by Crippen LogP contribution is 2.32. The Kier molecular flexibility index (Phi) is 6.58. The van der Waals surface area contributed by atoms with Gasteiger partial charge < -0.3 is 14.4 Å². The van der Waals surface area contributed by atoms with E-state index in [0.717, 1.165) is 48.0 Å². The van der Waals surface area contributed by atoms with E-state index in [-0.39, 0.29) is 0 Å². The number of benzene rings is 1. The molecule has 0 spiro atoms. The fourth-order valence-corrected chi connectivity index (χ4v) is 3.81. The molecule has 1 aromatic heterocycles. The van der Waals surface area contributed by atoms with Crippen molar-refractivity contribution >= 4 is 17.7 Å². The van der Waals surface area contributed by atoms with Gasteiger partial charge in [0.1, 0.15) is 5.75 Å². The van der Waals surface area contributed by atoms with E-state index in [9.17, 15) is 0 Å². The predicted molar refractivity (Wildman–Crippen MR) is 101 cm³/mol. The molecule has 0 bridgehead atoms. The van der Waals surface area contributed by atoms with Gasteiger partial charge in [-0.05, 0) is 38.3 Å². The minimum absolute atomic E-state index is 0.707. The molecule has 3 rings (SSSR count). The van der Waals surface area contributed by atoms with Gasteiger partial charge in [-0.2, -0.15) is 0 Å². The van der Waals surface area contributed by atoms with Gasteiger partial charge in [0.25, 0.3) is 0 Å². The number of aromatic nitrogens is 3. The molecule has 0 atom stereocenters. The van der Waals surface area contributed by atoms with E-state index < -0.39 is 0 Å². The van der Waals surface area contributed by atoms with Crippen LogP contribution in [0.2, 0.25) is 0 Å². The highest BCUT2D eigenvalue weighted by atomic mass is 32.2. The largest absolute Gasteiger partial charge is 0.495 e. The molecule has 0 unspecified atom stereocenters. The van der Waals surface area contributed by atoms with Gasteiger partial charge in [0.05, 0.1) is 19.4 Å². The van der Waals surface area contributed by atoms with Crippen molar-refractivity contribution in [3.05, 3.63) is 24.3 Å². The molecule has 2 heterocycles. The van der Waals surface area contributed by atoms with Gasteiger partial charge in [0.15, 0.2) is 5.16 Å². The molecule has 0 aliphatic carbocycles.